The van der Waals surface area contributed by atoms with Crippen molar-refractivity contribution in [1.29, 1.82) is 0 Å². The molecule has 0 saturated heterocycles. The lowest BCUT2D eigenvalue weighted by Gasteiger charge is -2.02. The van der Waals surface area contributed by atoms with Crippen molar-refractivity contribution in [2.75, 3.05) is 0 Å². The number of nitrogens with zero attached hydrogens (tertiary/aromatic N) is 1. The van der Waals surface area contributed by atoms with Crippen LogP contribution >= 0.6 is 57.7 Å². The molecule has 1 N–H and O–H groups in total. The molecule has 0 amide bonds. The van der Waals surface area contributed by atoms with Crippen LogP contribution < -0.4 is 0 Å². The lowest BCUT2D eigenvalue weighted by Crippen LogP contribution is -1.97. The molecule has 0 spiro atoms. The molecule has 1 aromatic carbocycles. The van der Waals surface area contributed by atoms with Gasteiger partial charge in [0.25, 0.3) is 0 Å². The van der Waals surface area contributed by atoms with Gasteiger partial charge in [0, 0.05) is 8.45 Å². The van der Waals surface area contributed by atoms with Gasteiger partial charge in [-0.25, -0.2) is 0 Å². The predicted molar refractivity (Wildman–Crippen MR) is 88.3 cm³/mol. The van der Waals surface area contributed by atoms with Crippen LogP contribution in [0.1, 0.15) is 4.88 Å². The summed E-state index contributed by atoms with van der Waals surface area (Å²) in [7, 11) is 0. The fourth-order valence-corrected chi connectivity index (χ4v) is 3.73. The molecule has 2 aromatic heterocycles. The first-order chi connectivity index (χ1) is 8.63. The minimum atomic E-state index is 0.747. The van der Waals surface area contributed by atoms with Crippen LogP contribution in [0.25, 0.3) is 11.0 Å². The Morgan fingerprint density at radius 2 is 2.17 bits per heavy atom. The van der Waals surface area contributed by atoms with E-state index in [1.165, 1.54) is 8.45 Å². The summed E-state index contributed by atoms with van der Waals surface area (Å²) >= 11 is 15.2. The van der Waals surface area contributed by atoms with Gasteiger partial charge < -0.3 is 9.55 Å². The Balaban J connectivity index is 2.11. The van der Waals surface area contributed by atoms with E-state index in [9.17, 15) is 0 Å². The molecule has 0 aliphatic heterocycles. The van der Waals surface area contributed by atoms with Gasteiger partial charge in [0.15, 0.2) is 4.77 Å². The second kappa shape index (κ2) is 4.96. The number of halogens is 2. The summed E-state index contributed by atoms with van der Waals surface area (Å²) in [5, 5.41) is 0. The van der Waals surface area contributed by atoms with Crippen LogP contribution in [-0.2, 0) is 6.54 Å². The largest absolute Gasteiger partial charge is 0.331 e. The fourth-order valence-electron chi connectivity index (χ4n) is 1.89. The lowest BCUT2D eigenvalue weighted by atomic mass is 10.3. The van der Waals surface area contributed by atoms with Gasteiger partial charge in [0.05, 0.1) is 21.9 Å². The number of rotatable bonds is 2. The SMILES string of the molecule is S=c1[nH]c2cc(I)ccc2n1Cc1ccc(Cl)s1. The summed E-state index contributed by atoms with van der Waals surface area (Å²) in [6.45, 7) is 0.761. The van der Waals surface area contributed by atoms with E-state index in [1.807, 2.05) is 12.1 Å². The van der Waals surface area contributed by atoms with Crippen LogP contribution in [0.3, 0.4) is 0 Å². The molecule has 6 heteroatoms. The maximum absolute atomic E-state index is 5.95. The molecule has 0 radical (unpaired) electrons. The van der Waals surface area contributed by atoms with Gasteiger partial charge in [-0.2, -0.15) is 0 Å². The number of thiophene rings is 1. The molecule has 2 heterocycles. The van der Waals surface area contributed by atoms with Crippen LogP contribution in [-0.4, -0.2) is 9.55 Å². The zero-order valence-electron chi connectivity index (χ0n) is 9.11. The molecule has 3 aromatic rings. The molecule has 0 saturated carbocycles. The molecule has 0 aliphatic rings. The second-order valence-corrected chi connectivity index (χ2v) is 7.32. The maximum atomic E-state index is 5.95. The zero-order valence-corrected chi connectivity index (χ0v) is 13.7. The smallest absolute Gasteiger partial charge is 0.178 e. The third-order valence-electron chi connectivity index (χ3n) is 2.68. The van der Waals surface area contributed by atoms with E-state index in [4.69, 9.17) is 23.8 Å². The summed E-state index contributed by atoms with van der Waals surface area (Å²) in [5.41, 5.74) is 2.21. The highest BCUT2D eigenvalue weighted by Gasteiger charge is 2.06. The van der Waals surface area contributed by atoms with Crippen LogP contribution in [0.4, 0.5) is 0 Å². The number of H-pyrrole nitrogens is 1. The van der Waals surface area contributed by atoms with Crippen molar-refractivity contribution in [3.8, 4) is 0 Å². The van der Waals surface area contributed by atoms with E-state index in [1.54, 1.807) is 11.3 Å². The number of aromatic nitrogens is 2. The van der Waals surface area contributed by atoms with Gasteiger partial charge >= 0.3 is 0 Å². The van der Waals surface area contributed by atoms with Crippen molar-refractivity contribution in [2.24, 2.45) is 0 Å². The lowest BCUT2D eigenvalue weighted by molar-refractivity contribution is 0.823. The Morgan fingerprint density at radius 3 is 2.89 bits per heavy atom. The highest BCUT2D eigenvalue weighted by Crippen LogP contribution is 2.24. The van der Waals surface area contributed by atoms with Gasteiger partial charge in [-0.05, 0) is 65.1 Å². The van der Waals surface area contributed by atoms with E-state index >= 15 is 0 Å². The van der Waals surface area contributed by atoms with Gasteiger partial charge in [-0.1, -0.05) is 11.6 Å². The number of benzene rings is 1. The zero-order chi connectivity index (χ0) is 12.7. The number of aromatic amines is 1. The number of imidazole rings is 1. The third kappa shape index (κ3) is 2.36. The minimum Gasteiger partial charge on any atom is -0.331 e. The van der Waals surface area contributed by atoms with E-state index in [-0.39, 0.29) is 0 Å². The molecule has 3 rings (SSSR count). The maximum Gasteiger partial charge on any atom is 0.178 e. The molecule has 0 aliphatic carbocycles. The molecule has 0 bridgehead atoms. The molecular weight excluding hydrogens is 399 g/mol. The topological polar surface area (TPSA) is 20.7 Å². The second-order valence-electron chi connectivity index (χ2n) is 3.88. The van der Waals surface area contributed by atoms with Crippen molar-refractivity contribution >= 4 is 68.8 Å². The van der Waals surface area contributed by atoms with E-state index in [0.717, 1.165) is 26.7 Å². The number of fused-ring (bicyclic) bond motifs is 1. The first-order valence-corrected chi connectivity index (χ1v) is 7.94. The summed E-state index contributed by atoms with van der Waals surface area (Å²) in [6.07, 6.45) is 0. The molecule has 18 heavy (non-hydrogen) atoms. The van der Waals surface area contributed by atoms with E-state index in [2.05, 4.69) is 50.3 Å². The monoisotopic (exact) mass is 406 g/mol. The molecular formula is C12H8ClIN2S2. The van der Waals surface area contributed by atoms with E-state index in [0.29, 0.717) is 0 Å². The van der Waals surface area contributed by atoms with Gasteiger partial charge in [-0.15, -0.1) is 11.3 Å². The van der Waals surface area contributed by atoms with Gasteiger partial charge in [-0.3, -0.25) is 0 Å². The summed E-state index contributed by atoms with van der Waals surface area (Å²) in [6, 6.07) is 10.2. The highest BCUT2D eigenvalue weighted by molar-refractivity contribution is 14.1. The average Bonchev–Trinajstić information content (AvgIpc) is 2.84. The first kappa shape index (κ1) is 12.7. The Hall–Kier alpha value is -0.370. The van der Waals surface area contributed by atoms with Crippen molar-refractivity contribution in [3.05, 3.63) is 47.9 Å². The van der Waals surface area contributed by atoms with Gasteiger partial charge in [0.1, 0.15) is 0 Å². The third-order valence-corrected chi connectivity index (χ3v) is 4.89. The Bertz CT molecular complexity index is 772. The molecule has 0 unspecified atom stereocenters. The Morgan fingerprint density at radius 1 is 1.33 bits per heavy atom. The van der Waals surface area contributed by atoms with Crippen LogP contribution in [0, 0.1) is 8.34 Å². The molecule has 2 nitrogen and oxygen atoms in total. The number of nitrogens with one attached hydrogen (secondary N) is 1. The highest BCUT2D eigenvalue weighted by atomic mass is 127. The quantitative estimate of drug-likeness (QED) is 0.466. The first-order valence-electron chi connectivity index (χ1n) is 5.26. The van der Waals surface area contributed by atoms with Crippen LogP contribution in [0.15, 0.2) is 30.3 Å². The number of hydrogen-bond acceptors (Lipinski definition) is 2. The average molecular weight is 407 g/mol. The van der Waals surface area contributed by atoms with Crippen LogP contribution in [0.5, 0.6) is 0 Å². The summed E-state index contributed by atoms with van der Waals surface area (Å²) < 4.78 is 4.85. The normalized spacial score (nSPS) is 11.2. The summed E-state index contributed by atoms with van der Waals surface area (Å²) in [5.74, 6) is 0. The van der Waals surface area contributed by atoms with Crippen molar-refractivity contribution in [2.45, 2.75) is 6.54 Å². The fraction of sp³-hybridized carbons (Fsp3) is 0.0833. The molecule has 0 fully saturated rings. The predicted octanol–water partition coefficient (Wildman–Crippen LogP) is 5.07. The van der Waals surface area contributed by atoms with Crippen molar-refractivity contribution < 1.29 is 0 Å². The van der Waals surface area contributed by atoms with Crippen LogP contribution in [0.2, 0.25) is 4.34 Å². The molecule has 92 valence electrons. The minimum absolute atomic E-state index is 0.747. The Kier molecular flexibility index (Phi) is 3.48. The summed E-state index contributed by atoms with van der Waals surface area (Å²) in [4.78, 5) is 4.44. The van der Waals surface area contributed by atoms with Crippen molar-refractivity contribution in [3.63, 3.8) is 0 Å². The molecule has 0 atom stereocenters. The van der Waals surface area contributed by atoms with Gasteiger partial charge in [0.2, 0.25) is 0 Å². The standard InChI is InChI=1S/C12H8ClIN2S2/c13-11-4-2-8(18-11)6-16-10-3-1-7(14)5-9(10)15-12(16)17/h1-5H,6H2,(H,15,17). The number of hydrogen-bond donors (Lipinski definition) is 1. The van der Waals surface area contributed by atoms with E-state index < -0.39 is 0 Å². The Labute approximate surface area is 132 Å². The van der Waals surface area contributed by atoms with Crippen molar-refractivity contribution in [1.82, 2.24) is 9.55 Å².